The second kappa shape index (κ2) is 9.68. The maximum Gasteiger partial charge on any atom is 0.185 e. The molecule has 0 N–H and O–H groups in total. The predicted molar refractivity (Wildman–Crippen MR) is 116 cm³/mol. The van der Waals surface area contributed by atoms with Crippen LogP contribution in [0.5, 0.6) is 0 Å². The van der Waals surface area contributed by atoms with Gasteiger partial charge in [0.2, 0.25) is 0 Å². The number of carbonyl (C=O) groups is 1. The van der Waals surface area contributed by atoms with Crippen molar-refractivity contribution in [1.29, 1.82) is 0 Å². The van der Waals surface area contributed by atoms with Crippen LogP contribution in [0.25, 0.3) is 16.8 Å². The van der Waals surface area contributed by atoms with Gasteiger partial charge >= 0.3 is 0 Å². The van der Waals surface area contributed by atoms with E-state index in [0.29, 0.717) is 0 Å². The summed E-state index contributed by atoms with van der Waals surface area (Å²) in [7, 11) is 0. The van der Waals surface area contributed by atoms with Crippen molar-refractivity contribution in [3.63, 3.8) is 0 Å². The molecule has 0 aliphatic carbocycles. The average Bonchev–Trinajstić information content (AvgIpc) is 2.72. The third-order valence-corrected chi connectivity index (χ3v) is 4.70. The topological polar surface area (TPSA) is 17.1 Å². The fourth-order valence-electron chi connectivity index (χ4n) is 3.17. The molecule has 0 aliphatic heterocycles. The number of hydrogen-bond acceptors (Lipinski definition) is 1. The zero-order valence-electron chi connectivity index (χ0n) is 15.9. The summed E-state index contributed by atoms with van der Waals surface area (Å²) >= 11 is 0. The fourth-order valence-corrected chi connectivity index (χ4v) is 3.17. The van der Waals surface area contributed by atoms with Gasteiger partial charge in [-0.05, 0) is 46.9 Å². The zero-order valence-corrected chi connectivity index (χ0v) is 15.9. The van der Waals surface area contributed by atoms with Crippen LogP contribution < -0.4 is 0 Å². The first-order valence-corrected chi connectivity index (χ1v) is 9.73. The van der Waals surface area contributed by atoms with Crippen LogP contribution >= 0.6 is 0 Å². The second-order valence-corrected chi connectivity index (χ2v) is 6.85. The highest BCUT2D eigenvalue weighted by atomic mass is 16.1. The minimum atomic E-state index is 0.0511. The number of fused-ring (bicyclic) bond motifs is 1. The molecular formula is C26H26O. The third kappa shape index (κ3) is 5.52. The van der Waals surface area contributed by atoms with Gasteiger partial charge in [-0.3, -0.25) is 4.79 Å². The summed E-state index contributed by atoms with van der Waals surface area (Å²) in [5.41, 5.74) is 3.10. The smallest absolute Gasteiger partial charge is 0.185 e. The first-order chi connectivity index (χ1) is 13.3. The Labute approximate surface area is 162 Å². The SMILES string of the molecule is CCCCCC(=C/c1ccccc1)/C=C/C(=O)c1ccc2ccccc2c1. The van der Waals surface area contributed by atoms with Gasteiger partial charge < -0.3 is 0 Å². The Morgan fingerprint density at radius 1 is 0.815 bits per heavy atom. The Morgan fingerprint density at radius 3 is 2.33 bits per heavy atom. The van der Waals surface area contributed by atoms with Crippen LogP contribution in [0, 0.1) is 0 Å². The molecule has 0 aromatic heterocycles. The average molecular weight is 354 g/mol. The molecule has 0 saturated heterocycles. The lowest BCUT2D eigenvalue weighted by molar-refractivity contribution is 0.104. The quantitative estimate of drug-likeness (QED) is 0.180. The molecule has 1 nitrogen and oxygen atoms in total. The summed E-state index contributed by atoms with van der Waals surface area (Å²) in [6.45, 7) is 2.21. The Kier molecular flexibility index (Phi) is 6.76. The molecule has 0 heterocycles. The summed E-state index contributed by atoms with van der Waals surface area (Å²) in [5.74, 6) is 0.0511. The van der Waals surface area contributed by atoms with E-state index < -0.39 is 0 Å². The molecule has 0 bridgehead atoms. The summed E-state index contributed by atoms with van der Waals surface area (Å²) in [6.07, 6.45) is 10.4. The molecule has 3 aromatic carbocycles. The Morgan fingerprint density at radius 2 is 1.56 bits per heavy atom. The molecule has 0 unspecified atom stereocenters. The zero-order chi connectivity index (χ0) is 18.9. The Balaban J connectivity index is 1.79. The van der Waals surface area contributed by atoms with Gasteiger partial charge in [-0.2, -0.15) is 0 Å². The predicted octanol–water partition coefficient (Wildman–Crippen LogP) is 7.24. The lowest BCUT2D eigenvalue weighted by atomic mass is 10.0. The van der Waals surface area contributed by atoms with Crippen LogP contribution in [0.2, 0.25) is 0 Å². The van der Waals surface area contributed by atoms with Crippen molar-refractivity contribution in [1.82, 2.24) is 0 Å². The molecule has 0 radical (unpaired) electrons. The first-order valence-electron chi connectivity index (χ1n) is 9.73. The summed E-state index contributed by atoms with van der Waals surface area (Å²) in [4.78, 5) is 12.7. The van der Waals surface area contributed by atoms with Gasteiger partial charge in [0, 0.05) is 5.56 Å². The maximum atomic E-state index is 12.7. The number of ketones is 1. The Hall–Kier alpha value is -2.93. The molecule has 1 heteroatoms. The van der Waals surface area contributed by atoms with E-state index in [-0.39, 0.29) is 5.78 Å². The van der Waals surface area contributed by atoms with Crippen molar-refractivity contribution in [3.8, 4) is 0 Å². The molecular weight excluding hydrogens is 328 g/mol. The number of allylic oxidation sites excluding steroid dienone is 3. The fraction of sp³-hybridized carbons (Fsp3) is 0.192. The molecule has 27 heavy (non-hydrogen) atoms. The minimum absolute atomic E-state index is 0.0511. The molecule has 136 valence electrons. The van der Waals surface area contributed by atoms with Crippen LogP contribution in [-0.4, -0.2) is 5.78 Å². The number of benzene rings is 3. The molecule has 0 fully saturated rings. The van der Waals surface area contributed by atoms with Gasteiger partial charge in [0.05, 0.1) is 0 Å². The number of unbranched alkanes of at least 4 members (excludes halogenated alkanes) is 2. The summed E-state index contributed by atoms with van der Waals surface area (Å²) in [5, 5.41) is 2.25. The summed E-state index contributed by atoms with van der Waals surface area (Å²) < 4.78 is 0. The third-order valence-electron chi connectivity index (χ3n) is 4.70. The highest BCUT2D eigenvalue weighted by Gasteiger charge is 2.04. The molecule has 3 aromatic rings. The number of carbonyl (C=O) groups excluding carboxylic acids is 1. The van der Waals surface area contributed by atoms with Gasteiger partial charge in [-0.1, -0.05) is 98.6 Å². The normalized spacial score (nSPS) is 12.0. The van der Waals surface area contributed by atoms with E-state index in [9.17, 15) is 4.79 Å². The van der Waals surface area contributed by atoms with Crippen LogP contribution in [0.4, 0.5) is 0 Å². The second-order valence-electron chi connectivity index (χ2n) is 6.85. The van der Waals surface area contributed by atoms with E-state index in [1.54, 1.807) is 6.08 Å². The maximum absolute atomic E-state index is 12.7. The van der Waals surface area contributed by atoms with E-state index in [1.165, 1.54) is 24.0 Å². The number of hydrogen-bond donors (Lipinski definition) is 0. The molecule has 0 atom stereocenters. The lowest BCUT2D eigenvalue weighted by Crippen LogP contribution is -1.94. The van der Waals surface area contributed by atoms with Crippen molar-refractivity contribution in [2.24, 2.45) is 0 Å². The van der Waals surface area contributed by atoms with E-state index in [1.807, 2.05) is 60.7 Å². The Bertz CT molecular complexity index is 948. The van der Waals surface area contributed by atoms with Crippen molar-refractivity contribution in [3.05, 3.63) is 102 Å². The monoisotopic (exact) mass is 354 g/mol. The molecule has 0 spiro atoms. The standard InChI is InChI=1S/C26H26O/c1-2-3-5-10-22(19-21-11-6-4-7-12-21)15-18-26(27)25-17-16-23-13-8-9-14-24(23)20-25/h4,6-9,11-20H,2-3,5,10H2,1H3/b18-15+,22-19-. The van der Waals surface area contributed by atoms with Crippen LogP contribution in [0.15, 0.2) is 90.5 Å². The molecule has 0 saturated carbocycles. The lowest BCUT2D eigenvalue weighted by Gasteiger charge is -2.04. The largest absolute Gasteiger partial charge is 0.289 e. The van der Waals surface area contributed by atoms with Crippen molar-refractivity contribution < 1.29 is 4.79 Å². The summed E-state index contributed by atoms with van der Waals surface area (Å²) in [6, 6.07) is 24.3. The molecule has 3 rings (SSSR count). The van der Waals surface area contributed by atoms with Crippen LogP contribution in [0.1, 0.15) is 48.5 Å². The van der Waals surface area contributed by atoms with Crippen LogP contribution in [0.3, 0.4) is 0 Å². The van der Waals surface area contributed by atoms with E-state index in [4.69, 9.17) is 0 Å². The minimum Gasteiger partial charge on any atom is -0.289 e. The van der Waals surface area contributed by atoms with Gasteiger partial charge in [-0.25, -0.2) is 0 Å². The van der Waals surface area contributed by atoms with Gasteiger partial charge in [-0.15, -0.1) is 0 Å². The van der Waals surface area contributed by atoms with Crippen LogP contribution in [-0.2, 0) is 0 Å². The highest BCUT2D eigenvalue weighted by molar-refractivity contribution is 6.07. The van der Waals surface area contributed by atoms with E-state index in [2.05, 4.69) is 31.2 Å². The first kappa shape index (κ1) is 18.8. The molecule has 0 amide bonds. The number of rotatable bonds is 8. The highest BCUT2D eigenvalue weighted by Crippen LogP contribution is 2.18. The van der Waals surface area contributed by atoms with Gasteiger partial charge in [0.25, 0.3) is 0 Å². The van der Waals surface area contributed by atoms with Crippen molar-refractivity contribution >= 4 is 22.6 Å². The van der Waals surface area contributed by atoms with Gasteiger partial charge in [0.15, 0.2) is 5.78 Å². The van der Waals surface area contributed by atoms with Crippen molar-refractivity contribution in [2.45, 2.75) is 32.6 Å². The van der Waals surface area contributed by atoms with Gasteiger partial charge in [0.1, 0.15) is 0 Å². The molecule has 0 aliphatic rings. The van der Waals surface area contributed by atoms with Crippen molar-refractivity contribution in [2.75, 3.05) is 0 Å². The van der Waals surface area contributed by atoms with E-state index >= 15 is 0 Å². The van der Waals surface area contributed by atoms with E-state index in [0.717, 1.165) is 29.2 Å².